The summed E-state index contributed by atoms with van der Waals surface area (Å²) in [4.78, 5) is 0. The largest absolute Gasteiger partial charge is 0.308 e. The maximum atomic E-state index is 4.50. The molecule has 2 saturated carbocycles. The first-order valence-corrected chi connectivity index (χ1v) is 7.03. The van der Waals surface area contributed by atoms with Crippen molar-refractivity contribution in [3.05, 3.63) is 17.5 Å². The van der Waals surface area contributed by atoms with Crippen LogP contribution in [0.5, 0.6) is 0 Å². The molecule has 2 aliphatic carbocycles. The van der Waals surface area contributed by atoms with Crippen LogP contribution in [0.1, 0.15) is 44.0 Å². The van der Waals surface area contributed by atoms with Gasteiger partial charge in [0.05, 0.1) is 11.4 Å². The lowest BCUT2D eigenvalue weighted by Gasteiger charge is -2.23. The van der Waals surface area contributed by atoms with Crippen molar-refractivity contribution in [2.45, 2.75) is 58.7 Å². The minimum atomic E-state index is 0.772. The van der Waals surface area contributed by atoms with Gasteiger partial charge in [-0.25, -0.2) is 0 Å². The minimum Gasteiger partial charge on any atom is -0.308 e. The predicted octanol–water partition coefficient (Wildman–Crippen LogP) is 2.49. The zero-order valence-electron chi connectivity index (χ0n) is 10.9. The molecule has 3 nitrogen and oxygen atoms in total. The molecular weight excluding hydrogens is 210 g/mol. The molecule has 2 aliphatic rings. The molecule has 1 N–H and O–H groups in total. The summed E-state index contributed by atoms with van der Waals surface area (Å²) in [6.07, 6.45) is 5.82. The molecule has 3 atom stereocenters. The van der Waals surface area contributed by atoms with E-state index in [9.17, 15) is 0 Å². The first-order chi connectivity index (χ1) is 8.26. The summed E-state index contributed by atoms with van der Waals surface area (Å²) in [6, 6.07) is 2.98. The van der Waals surface area contributed by atoms with Gasteiger partial charge in [-0.05, 0) is 51.0 Å². The van der Waals surface area contributed by atoms with E-state index in [0.717, 1.165) is 36.7 Å². The molecule has 0 aliphatic heterocycles. The number of rotatable bonds is 4. The van der Waals surface area contributed by atoms with Crippen molar-refractivity contribution in [1.29, 1.82) is 0 Å². The molecule has 1 heterocycles. The van der Waals surface area contributed by atoms with Crippen LogP contribution in [0.2, 0.25) is 0 Å². The van der Waals surface area contributed by atoms with Gasteiger partial charge in [0.2, 0.25) is 0 Å². The Morgan fingerprint density at radius 1 is 1.41 bits per heavy atom. The van der Waals surface area contributed by atoms with Crippen LogP contribution in [-0.4, -0.2) is 15.8 Å². The Kier molecular flexibility index (Phi) is 2.95. The number of hydrogen-bond acceptors (Lipinski definition) is 2. The molecule has 0 amide bonds. The SMILES string of the molecule is CCn1nc(C)cc1CNC1CC2CCC1C2. The van der Waals surface area contributed by atoms with Gasteiger partial charge in [0, 0.05) is 19.1 Å². The highest BCUT2D eigenvalue weighted by atomic mass is 15.3. The van der Waals surface area contributed by atoms with E-state index in [1.54, 1.807) is 0 Å². The number of aryl methyl sites for hydroxylation is 2. The second-order valence-corrected chi connectivity index (χ2v) is 5.76. The number of aromatic nitrogens is 2. The van der Waals surface area contributed by atoms with Crippen molar-refractivity contribution in [2.75, 3.05) is 0 Å². The summed E-state index contributed by atoms with van der Waals surface area (Å²) >= 11 is 0. The second kappa shape index (κ2) is 4.45. The first-order valence-electron chi connectivity index (χ1n) is 7.03. The van der Waals surface area contributed by atoms with E-state index in [1.807, 2.05) is 0 Å². The Hall–Kier alpha value is -0.830. The van der Waals surface area contributed by atoms with Gasteiger partial charge >= 0.3 is 0 Å². The van der Waals surface area contributed by atoms with Gasteiger partial charge in [-0.2, -0.15) is 5.10 Å². The monoisotopic (exact) mass is 233 g/mol. The summed E-state index contributed by atoms with van der Waals surface area (Å²) < 4.78 is 2.12. The van der Waals surface area contributed by atoms with Gasteiger partial charge in [-0.3, -0.25) is 4.68 Å². The molecule has 3 unspecified atom stereocenters. The smallest absolute Gasteiger partial charge is 0.0597 e. The Balaban J connectivity index is 1.60. The third-order valence-electron chi connectivity index (χ3n) is 4.57. The van der Waals surface area contributed by atoms with Crippen LogP contribution in [0.15, 0.2) is 6.07 Å². The highest BCUT2D eigenvalue weighted by Gasteiger charge is 2.39. The highest BCUT2D eigenvalue weighted by molar-refractivity contribution is 5.09. The zero-order valence-corrected chi connectivity index (χ0v) is 10.9. The van der Waals surface area contributed by atoms with Gasteiger partial charge in [0.25, 0.3) is 0 Å². The summed E-state index contributed by atoms with van der Waals surface area (Å²) in [5.41, 5.74) is 2.48. The molecule has 94 valence electrons. The average Bonchev–Trinajstić information content (AvgIpc) is 3.00. The maximum absolute atomic E-state index is 4.50. The molecule has 0 spiro atoms. The Labute approximate surface area is 104 Å². The molecule has 1 aromatic heterocycles. The maximum Gasteiger partial charge on any atom is 0.0597 e. The Morgan fingerprint density at radius 3 is 2.94 bits per heavy atom. The fourth-order valence-electron chi connectivity index (χ4n) is 3.75. The third-order valence-corrected chi connectivity index (χ3v) is 4.57. The fourth-order valence-corrected chi connectivity index (χ4v) is 3.75. The molecule has 2 fully saturated rings. The normalized spacial score (nSPS) is 31.3. The van der Waals surface area contributed by atoms with Crippen LogP contribution in [-0.2, 0) is 13.1 Å². The van der Waals surface area contributed by atoms with Crippen LogP contribution in [0, 0.1) is 18.8 Å². The standard InChI is InChI=1S/C14H23N3/c1-3-17-13(6-10(2)16-17)9-15-14-8-11-4-5-12(14)7-11/h6,11-12,14-15H,3-5,7-9H2,1-2H3. The van der Waals surface area contributed by atoms with Crippen LogP contribution in [0.3, 0.4) is 0 Å². The lowest BCUT2D eigenvalue weighted by atomic mass is 9.95. The fraction of sp³-hybridized carbons (Fsp3) is 0.786. The summed E-state index contributed by atoms with van der Waals surface area (Å²) in [6.45, 7) is 6.20. The summed E-state index contributed by atoms with van der Waals surface area (Å²) in [5, 5.41) is 8.26. The number of nitrogens with one attached hydrogen (secondary N) is 1. The van der Waals surface area contributed by atoms with Crippen molar-refractivity contribution in [1.82, 2.24) is 15.1 Å². The van der Waals surface area contributed by atoms with E-state index in [2.05, 4.69) is 35.0 Å². The van der Waals surface area contributed by atoms with E-state index < -0.39 is 0 Å². The molecule has 0 aromatic carbocycles. The van der Waals surface area contributed by atoms with Crippen LogP contribution >= 0.6 is 0 Å². The van der Waals surface area contributed by atoms with E-state index in [-0.39, 0.29) is 0 Å². The Morgan fingerprint density at radius 2 is 2.29 bits per heavy atom. The third kappa shape index (κ3) is 2.13. The van der Waals surface area contributed by atoms with Crippen molar-refractivity contribution in [2.24, 2.45) is 11.8 Å². The molecule has 17 heavy (non-hydrogen) atoms. The molecular formula is C14H23N3. The predicted molar refractivity (Wildman–Crippen MR) is 68.7 cm³/mol. The highest BCUT2D eigenvalue weighted by Crippen LogP contribution is 2.44. The Bertz CT molecular complexity index is 396. The summed E-state index contributed by atoms with van der Waals surface area (Å²) in [5.74, 6) is 1.98. The van der Waals surface area contributed by atoms with Gasteiger partial charge < -0.3 is 5.32 Å². The lowest BCUT2D eigenvalue weighted by Crippen LogP contribution is -2.34. The van der Waals surface area contributed by atoms with Gasteiger partial charge in [-0.1, -0.05) is 6.42 Å². The zero-order chi connectivity index (χ0) is 11.8. The van der Waals surface area contributed by atoms with E-state index >= 15 is 0 Å². The van der Waals surface area contributed by atoms with Crippen molar-refractivity contribution in [3.8, 4) is 0 Å². The summed E-state index contributed by atoms with van der Waals surface area (Å²) in [7, 11) is 0. The lowest BCUT2D eigenvalue weighted by molar-refractivity contribution is 0.346. The topological polar surface area (TPSA) is 29.9 Å². The number of fused-ring (bicyclic) bond motifs is 2. The quantitative estimate of drug-likeness (QED) is 0.866. The molecule has 2 bridgehead atoms. The van der Waals surface area contributed by atoms with Gasteiger partial charge in [-0.15, -0.1) is 0 Å². The molecule has 3 heteroatoms. The van der Waals surface area contributed by atoms with Gasteiger partial charge in [0.15, 0.2) is 0 Å². The minimum absolute atomic E-state index is 0.772. The molecule has 0 radical (unpaired) electrons. The second-order valence-electron chi connectivity index (χ2n) is 5.76. The van der Waals surface area contributed by atoms with Crippen LogP contribution in [0.4, 0.5) is 0 Å². The van der Waals surface area contributed by atoms with Crippen molar-refractivity contribution < 1.29 is 0 Å². The van der Waals surface area contributed by atoms with Crippen LogP contribution in [0.25, 0.3) is 0 Å². The van der Waals surface area contributed by atoms with Crippen LogP contribution < -0.4 is 5.32 Å². The van der Waals surface area contributed by atoms with Crippen molar-refractivity contribution in [3.63, 3.8) is 0 Å². The molecule has 1 aromatic rings. The first kappa shape index (κ1) is 11.3. The van der Waals surface area contributed by atoms with Gasteiger partial charge in [0.1, 0.15) is 0 Å². The van der Waals surface area contributed by atoms with E-state index in [1.165, 1.54) is 31.4 Å². The molecule has 3 rings (SSSR count). The molecule has 0 saturated heterocycles. The van der Waals surface area contributed by atoms with E-state index in [4.69, 9.17) is 0 Å². The number of hydrogen-bond donors (Lipinski definition) is 1. The number of nitrogens with zero attached hydrogens (tertiary/aromatic N) is 2. The van der Waals surface area contributed by atoms with Crippen molar-refractivity contribution >= 4 is 0 Å². The average molecular weight is 233 g/mol. The van der Waals surface area contributed by atoms with E-state index in [0.29, 0.717) is 0 Å².